The number of hydrogen-bond acceptors (Lipinski definition) is 3. The van der Waals surface area contributed by atoms with Crippen molar-refractivity contribution in [1.82, 2.24) is 4.98 Å². The first kappa shape index (κ1) is 38.4. The van der Waals surface area contributed by atoms with Crippen LogP contribution in [0.2, 0.25) is 0 Å². The Balaban J connectivity index is 1.05. The normalized spacial score (nSPS) is 11.7. The van der Waals surface area contributed by atoms with Gasteiger partial charge < -0.3 is 9.32 Å². The van der Waals surface area contributed by atoms with Crippen LogP contribution in [0.4, 0.5) is 17.1 Å². The molecule has 0 bridgehead atoms. The van der Waals surface area contributed by atoms with Gasteiger partial charge >= 0.3 is 0 Å². The first-order valence-corrected chi connectivity index (χ1v) is 24.2. The molecule has 0 saturated carbocycles. The predicted octanol–water partition coefficient (Wildman–Crippen LogP) is 13.5. The molecule has 0 aliphatic carbocycles. The molecule has 0 aliphatic heterocycles. The lowest BCUT2D eigenvalue weighted by atomic mass is 9.99. The highest BCUT2D eigenvalue weighted by atomic mass is 28.3. The smallest absolute Gasteiger partial charge is 0.227 e. The van der Waals surface area contributed by atoms with Gasteiger partial charge in [-0.05, 0) is 102 Å². The van der Waals surface area contributed by atoms with Gasteiger partial charge in [-0.3, -0.25) is 0 Å². The van der Waals surface area contributed by atoms with Crippen LogP contribution < -0.4 is 25.6 Å². The summed E-state index contributed by atoms with van der Waals surface area (Å²) in [5.41, 5.74) is 8.14. The topological polar surface area (TPSA) is 29.3 Å². The Labute approximate surface area is 379 Å². The van der Waals surface area contributed by atoms with E-state index in [-0.39, 0.29) is 0 Å². The number of benzene rings is 11. The largest absolute Gasteiger partial charge is 0.435 e. The lowest BCUT2D eigenvalue weighted by molar-refractivity contribution is 0.623. The average Bonchev–Trinajstić information content (AvgIpc) is 3.83. The van der Waals surface area contributed by atoms with Crippen LogP contribution in [0.3, 0.4) is 0 Å². The quantitative estimate of drug-likeness (QED) is 0.0823. The Morgan fingerprint density at radius 2 is 0.862 bits per heavy atom. The maximum atomic E-state index is 6.66. The van der Waals surface area contributed by atoms with Gasteiger partial charge in [0.1, 0.15) is 5.52 Å². The molecule has 11 aromatic carbocycles. The van der Waals surface area contributed by atoms with Gasteiger partial charge in [0.15, 0.2) is 13.7 Å². The first-order valence-electron chi connectivity index (χ1n) is 22.2. The van der Waals surface area contributed by atoms with E-state index in [1.54, 1.807) is 0 Å². The van der Waals surface area contributed by atoms with E-state index >= 15 is 0 Å². The van der Waals surface area contributed by atoms with Gasteiger partial charge in [-0.15, -0.1) is 0 Å². The second kappa shape index (κ2) is 16.1. The zero-order chi connectivity index (χ0) is 43.2. The summed E-state index contributed by atoms with van der Waals surface area (Å²) < 4.78 is 6.66. The minimum absolute atomic E-state index is 0.621. The number of hydrogen-bond donors (Lipinski definition) is 0. The van der Waals surface area contributed by atoms with Crippen molar-refractivity contribution in [2.75, 3.05) is 4.90 Å². The molecular formula is C61H42N2OSi. The number of oxazole rings is 1. The number of aromatic nitrogens is 1. The van der Waals surface area contributed by atoms with E-state index in [4.69, 9.17) is 9.40 Å². The Morgan fingerprint density at radius 1 is 0.354 bits per heavy atom. The minimum atomic E-state index is -2.74. The van der Waals surface area contributed by atoms with Crippen molar-refractivity contribution in [3.63, 3.8) is 0 Å². The highest BCUT2D eigenvalue weighted by molar-refractivity contribution is 7.19. The predicted molar refractivity (Wildman–Crippen MR) is 276 cm³/mol. The molecule has 0 saturated heterocycles. The highest BCUT2D eigenvalue weighted by Crippen LogP contribution is 2.43. The van der Waals surface area contributed by atoms with Gasteiger partial charge in [0.25, 0.3) is 0 Å². The molecule has 306 valence electrons. The number of fused-ring (bicyclic) bond motifs is 6. The van der Waals surface area contributed by atoms with E-state index in [2.05, 4.69) is 229 Å². The van der Waals surface area contributed by atoms with E-state index in [0.29, 0.717) is 5.89 Å². The summed E-state index contributed by atoms with van der Waals surface area (Å²) in [6, 6.07) is 92.6. The van der Waals surface area contributed by atoms with Gasteiger partial charge in [-0.1, -0.05) is 206 Å². The monoisotopic (exact) mass is 846 g/mol. The first-order chi connectivity index (χ1) is 32.2. The van der Waals surface area contributed by atoms with Crippen molar-refractivity contribution < 1.29 is 4.42 Å². The molecular weight excluding hydrogens is 805 g/mol. The molecule has 0 fully saturated rings. The summed E-state index contributed by atoms with van der Waals surface area (Å²) in [5.74, 6) is 0.621. The molecule has 65 heavy (non-hydrogen) atoms. The fourth-order valence-electron chi connectivity index (χ4n) is 10.0. The van der Waals surface area contributed by atoms with Gasteiger partial charge in [0.05, 0.1) is 5.69 Å². The summed E-state index contributed by atoms with van der Waals surface area (Å²) in [4.78, 5) is 7.38. The fourth-order valence-corrected chi connectivity index (χ4v) is 14.8. The molecule has 3 nitrogen and oxygen atoms in total. The second-order valence-electron chi connectivity index (χ2n) is 16.7. The fraction of sp³-hybridized carbons (Fsp3) is 0. The van der Waals surface area contributed by atoms with Crippen molar-refractivity contribution in [1.29, 1.82) is 0 Å². The zero-order valence-electron chi connectivity index (χ0n) is 35.6. The van der Waals surface area contributed by atoms with Crippen LogP contribution in [0, 0.1) is 0 Å². The second-order valence-corrected chi connectivity index (χ2v) is 20.5. The van der Waals surface area contributed by atoms with Gasteiger partial charge in [0.2, 0.25) is 5.89 Å². The highest BCUT2D eigenvalue weighted by Gasteiger charge is 2.41. The molecule has 4 heteroatoms. The maximum absolute atomic E-state index is 6.66. The third kappa shape index (κ3) is 6.62. The van der Waals surface area contributed by atoms with Crippen molar-refractivity contribution in [2.45, 2.75) is 0 Å². The van der Waals surface area contributed by atoms with Crippen LogP contribution in [0.25, 0.3) is 66.0 Å². The van der Waals surface area contributed by atoms with E-state index < -0.39 is 8.07 Å². The third-order valence-electron chi connectivity index (χ3n) is 13.0. The van der Waals surface area contributed by atoms with E-state index in [1.807, 2.05) is 30.3 Å². The van der Waals surface area contributed by atoms with Crippen LogP contribution in [0.15, 0.2) is 259 Å². The van der Waals surface area contributed by atoms with Gasteiger partial charge in [-0.25, -0.2) is 4.98 Å². The number of nitrogens with zero attached hydrogens (tertiary/aromatic N) is 2. The van der Waals surface area contributed by atoms with Crippen molar-refractivity contribution in [3.8, 4) is 22.6 Å². The zero-order valence-corrected chi connectivity index (χ0v) is 36.6. The van der Waals surface area contributed by atoms with Crippen LogP contribution in [-0.2, 0) is 0 Å². The molecule has 0 radical (unpaired) electrons. The Hall–Kier alpha value is -8.31. The SMILES string of the molecule is c1ccc(-c2nc3ccc4ccc5ccc(N(c6cccc(-c7cccc([Si](c8ccccc8)(c8ccccc8)c8ccccc8)c7)c6)c6cccc7ccccc67)cc5c4c3o2)cc1. The molecule has 1 heterocycles. The molecule has 0 aliphatic rings. The summed E-state index contributed by atoms with van der Waals surface area (Å²) in [5, 5.41) is 12.2. The summed E-state index contributed by atoms with van der Waals surface area (Å²) >= 11 is 0. The lowest BCUT2D eigenvalue weighted by Gasteiger charge is -2.34. The number of rotatable bonds is 9. The van der Waals surface area contributed by atoms with Crippen LogP contribution in [0.1, 0.15) is 0 Å². The van der Waals surface area contributed by atoms with E-state index in [9.17, 15) is 0 Å². The summed E-state index contributed by atoms with van der Waals surface area (Å²) in [6.45, 7) is 0. The molecule has 0 unspecified atom stereocenters. The van der Waals surface area contributed by atoms with Crippen molar-refractivity contribution in [3.05, 3.63) is 255 Å². The van der Waals surface area contributed by atoms with Crippen LogP contribution in [-0.4, -0.2) is 13.1 Å². The van der Waals surface area contributed by atoms with Crippen LogP contribution >= 0.6 is 0 Å². The van der Waals surface area contributed by atoms with E-state index in [0.717, 1.165) is 60.8 Å². The van der Waals surface area contributed by atoms with Crippen molar-refractivity contribution >= 4 is 89.3 Å². The maximum Gasteiger partial charge on any atom is 0.227 e. The molecule has 0 N–H and O–H groups in total. The Morgan fingerprint density at radius 3 is 1.58 bits per heavy atom. The van der Waals surface area contributed by atoms with Crippen molar-refractivity contribution in [2.24, 2.45) is 0 Å². The Bertz CT molecular complexity index is 3560. The van der Waals surface area contributed by atoms with Gasteiger partial charge in [0, 0.05) is 27.7 Å². The molecule has 1 aromatic heterocycles. The standard InChI is InChI=1S/C61H42N2OSi/c1-5-19-46(20-6-1)61-62-57-39-37-45-35-34-44-36-38-50(42-56(44)59(45)60(57)64-61)63(58-33-17-21-43-18-13-14-32-55(43)58)49-24-15-22-47(40-49)48-23-16-31-54(41-48)65(51-25-7-2-8-26-51,52-27-9-3-10-28-52)53-29-11-4-12-30-53/h1-42H. The summed E-state index contributed by atoms with van der Waals surface area (Å²) in [6.07, 6.45) is 0. The van der Waals surface area contributed by atoms with Crippen LogP contribution in [0.5, 0.6) is 0 Å². The van der Waals surface area contributed by atoms with Gasteiger partial charge in [-0.2, -0.15) is 0 Å². The molecule has 12 rings (SSSR count). The molecule has 0 spiro atoms. The third-order valence-corrected chi connectivity index (χ3v) is 17.8. The van der Waals surface area contributed by atoms with E-state index in [1.165, 1.54) is 37.1 Å². The molecule has 0 amide bonds. The Kier molecular flexibility index (Phi) is 9.51. The number of anilines is 3. The minimum Gasteiger partial charge on any atom is -0.435 e. The molecule has 12 aromatic rings. The average molecular weight is 847 g/mol. The molecule has 0 atom stereocenters. The summed E-state index contributed by atoms with van der Waals surface area (Å²) in [7, 11) is -2.74. The lowest BCUT2D eigenvalue weighted by Crippen LogP contribution is -2.74.